The lowest BCUT2D eigenvalue weighted by molar-refractivity contribution is -0.120. The van der Waals surface area contributed by atoms with Gasteiger partial charge >= 0.3 is 0 Å². The van der Waals surface area contributed by atoms with Crippen molar-refractivity contribution in [2.75, 3.05) is 25.2 Å². The van der Waals surface area contributed by atoms with Gasteiger partial charge in [0.2, 0.25) is 0 Å². The number of benzene rings is 2. The highest BCUT2D eigenvalue weighted by atomic mass is 16.5. The minimum atomic E-state index is -0.202. The normalized spacial score (nSPS) is 13.4. The third kappa shape index (κ3) is 3.04. The van der Waals surface area contributed by atoms with Crippen molar-refractivity contribution in [3.05, 3.63) is 54.1 Å². The summed E-state index contributed by atoms with van der Waals surface area (Å²) in [5, 5.41) is 0. The van der Waals surface area contributed by atoms with Crippen LogP contribution in [-0.4, -0.2) is 32.0 Å². The molecule has 5 nitrogen and oxygen atoms in total. The van der Waals surface area contributed by atoms with Crippen LogP contribution in [0.2, 0.25) is 0 Å². The first-order chi connectivity index (χ1) is 11.2. The molecule has 0 aliphatic carbocycles. The van der Waals surface area contributed by atoms with Gasteiger partial charge < -0.3 is 14.4 Å². The topological polar surface area (TPSA) is 55.8 Å². The Hall–Kier alpha value is -2.82. The lowest BCUT2D eigenvalue weighted by Crippen LogP contribution is -2.40. The molecule has 3 rings (SSSR count). The van der Waals surface area contributed by atoms with Gasteiger partial charge in [-0.25, -0.2) is 0 Å². The van der Waals surface area contributed by atoms with Crippen LogP contribution in [0.3, 0.4) is 0 Å². The zero-order chi connectivity index (χ0) is 16.2. The molecule has 0 saturated carbocycles. The second kappa shape index (κ2) is 6.52. The summed E-state index contributed by atoms with van der Waals surface area (Å²) < 4.78 is 10.8. The average Bonchev–Trinajstić information content (AvgIpc) is 2.60. The number of nitrogens with zero attached hydrogens (tertiary/aromatic N) is 1. The number of rotatable bonds is 4. The van der Waals surface area contributed by atoms with E-state index in [0.717, 1.165) is 0 Å². The first-order valence-corrected chi connectivity index (χ1v) is 7.39. The van der Waals surface area contributed by atoms with E-state index in [9.17, 15) is 9.59 Å². The van der Waals surface area contributed by atoms with Crippen LogP contribution in [0, 0.1) is 0 Å². The van der Waals surface area contributed by atoms with Crippen molar-refractivity contribution in [3.63, 3.8) is 0 Å². The number of carbonyl (C=O) groups excluding carboxylic acids is 2. The molecule has 0 bridgehead atoms. The maximum absolute atomic E-state index is 12.5. The fourth-order valence-electron chi connectivity index (χ4n) is 2.64. The summed E-state index contributed by atoms with van der Waals surface area (Å²) in [4.78, 5) is 26.2. The van der Waals surface area contributed by atoms with Crippen LogP contribution >= 0.6 is 0 Å². The largest absolute Gasteiger partial charge is 0.495 e. The smallest absolute Gasteiger partial charge is 0.265 e. The average molecular weight is 311 g/mol. The predicted octanol–water partition coefficient (Wildman–Crippen LogP) is 2.69. The Morgan fingerprint density at radius 2 is 1.91 bits per heavy atom. The van der Waals surface area contributed by atoms with E-state index in [1.807, 2.05) is 18.2 Å². The second-order valence-corrected chi connectivity index (χ2v) is 5.18. The molecule has 0 spiro atoms. The fourth-order valence-corrected chi connectivity index (χ4v) is 2.64. The number of anilines is 1. The summed E-state index contributed by atoms with van der Waals surface area (Å²) in [7, 11) is 1.53. The first-order valence-electron chi connectivity index (χ1n) is 7.39. The molecule has 1 heterocycles. The minimum Gasteiger partial charge on any atom is -0.495 e. The highest BCUT2D eigenvalue weighted by Crippen LogP contribution is 2.36. The third-order valence-electron chi connectivity index (χ3n) is 3.76. The Balaban J connectivity index is 1.82. The van der Waals surface area contributed by atoms with Gasteiger partial charge in [0.1, 0.15) is 11.5 Å². The molecule has 0 N–H and O–H groups in total. The first kappa shape index (κ1) is 15.1. The number of hydrogen-bond donors (Lipinski definition) is 0. The molecular weight excluding hydrogens is 294 g/mol. The number of carbonyl (C=O) groups is 2. The molecule has 0 unspecified atom stereocenters. The number of methoxy groups -OCH3 is 1. The molecule has 1 amide bonds. The molecule has 5 heteroatoms. The van der Waals surface area contributed by atoms with Crippen LogP contribution in [0.15, 0.2) is 48.5 Å². The van der Waals surface area contributed by atoms with Gasteiger partial charge in [-0.2, -0.15) is 0 Å². The summed E-state index contributed by atoms with van der Waals surface area (Å²) in [5.41, 5.74) is 1.05. The molecule has 0 radical (unpaired) electrons. The number of Topliss-reactive ketones (excluding diaryl/α,β-unsaturated/α-hetero) is 1. The Kier molecular flexibility index (Phi) is 4.28. The molecule has 118 valence electrons. The van der Waals surface area contributed by atoms with Crippen molar-refractivity contribution in [1.82, 2.24) is 0 Å². The van der Waals surface area contributed by atoms with Gasteiger partial charge in [-0.3, -0.25) is 9.59 Å². The van der Waals surface area contributed by atoms with Gasteiger partial charge in [-0.15, -0.1) is 0 Å². The summed E-state index contributed by atoms with van der Waals surface area (Å²) in [6.45, 7) is 0.249. The fraction of sp³-hybridized carbons (Fsp3) is 0.222. The number of amides is 1. The van der Waals surface area contributed by atoms with E-state index < -0.39 is 0 Å². The lowest BCUT2D eigenvalue weighted by Gasteiger charge is -2.30. The van der Waals surface area contributed by atoms with E-state index in [1.54, 1.807) is 35.2 Å². The van der Waals surface area contributed by atoms with E-state index >= 15 is 0 Å². The van der Waals surface area contributed by atoms with Crippen molar-refractivity contribution in [1.29, 1.82) is 0 Å². The van der Waals surface area contributed by atoms with Gasteiger partial charge in [0, 0.05) is 18.5 Å². The molecule has 1 aliphatic rings. The standard InChI is InChI=1S/C18H17NO4/c1-22-16-9-5-8-14-15(20)10-11-19(18(14)16)17(21)12-23-13-6-3-2-4-7-13/h2-9H,10-12H2,1H3. The molecule has 0 atom stereocenters. The molecule has 0 aromatic heterocycles. The molecule has 0 fully saturated rings. The van der Waals surface area contributed by atoms with Crippen molar-refractivity contribution >= 4 is 17.4 Å². The van der Waals surface area contributed by atoms with E-state index in [2.05, 4.69) is 0 Å². The maximum Gasteiger partial charge on any atom is 0.265 e. The highest BCUT2D eigenvalue weighted by molar-refractivity contribution is 6.10. The van der Waals surface area contributed by atoms with E-state index in [-0.39, 0.29) is 18.3 Å². The van der Waals surface area contributed by atoms with Gasteiger partial charge in [0.15, 0.2) is 12.4 Å². The van der Waals surface area contributed by atoms with Gasteiger partial charge in [0.25, 0.3) is 5.91 Å². The Bertz CT molecular complexity index is 727. The molecular formula is C18H17NO4. The highest BCUT2D eigenvalue weighted by Gasteiger charge is 2.30. The monoisotopic (exact) mass is 311 g/mol. The Labute approximate surface area is 134 Å². The van der Waals surface area contributed by atoms with Gasteiger partial charge in [0.05, 0.1) is 12.8 Å². The Morgan fingerprint density at radius 3 is 2.65 bits per heavy atom. The molecule has 0 saturated heterocycles. The van der Waals surface area contributed by atoms with Gasteiger partial charge in [-0.05, 0) is 24.3 Å². The zero-order valence-corrected chi connectivity index (χ0v) is 12.8. The van der Waals surface area contributed by atoms with Crippen molar-refractivity contribution in [3.8, 4) is 11.5 Å². The van der Waals surface area contributed by atoms with Gasteiger partial charge in [-0.1, -0.05) is 24.3 Å². The summed E-state index contributed by atoms with van der Waals surface area (Å²) in [6.07, 6.45) is 0.303. The van der Waals surface area contributed by atoms with Crippen LogP contribution < -0.4 is 14.4 Å². The van der Waals surface area contributed by atoms with E-state index in [4.69, 9.17) is 9.47 Å². The van der Waals surface area contributed by atoms with E-state index in [0.29, 0.717) is 35.7 Å². The number of ketones is 1. The van der Waals surface area contributed by atoms with Crippen molar-refractivity contribution < 1.29 is 19.1 Å². The van der Waals surface area contributed by atoms with E-state index in [1.165, 1.54) is 7.11 Å². The minimum absolute atomic E-state index is 0.0203. The molecule has 1 aliphatic heterocycles. The lowest BCUT2D eigenvalue weighted by atomic mass is 9.99. The number of para-hydroxylation sites is 2. The number of hydrogen-bond acceptors (Lipinski definition) is 4. The summed E-state index contributed by atoms with van der Waals surface area (Å²) >= 11 is 0. The maximum atomic E-state index is 12.5. The van der Waals surface area contributed by atoms with Crippen LogP contribution in [0.5, 0.6) is 11.5 Å². The molecule has 2 aromatic carbocycles. The quantitative estimate of drug-likeness (QED) is 0.871. The SMILES string of the molecule is COc1cccc2c1N(C(=O)COc1ccccc1)CCC2=O. The van der Waals surface area contributed by atoms with Crippen LogP contribution in [0.4, 0.5) is 5.69 Å². The summed E-state index contributed by atoms with van der Waals surface area (Å²) in [5.74, 6) is 0.969. The molecule has 23 heavy (non-hydrogen) atoms. The van der Waals surface area contributed by atoms with Crippen molar-refractivity contribution in [2.24, 2.45) is 0 Å². The van der Waals surface area contributed by atoms with Crippen LogP contribution in [0.25, 0.3) is 0 Å². The zero-order valence-electron chi connectivity index (χ0n) is 12.8. The third-order valence-corrected chi connectivity index (χ3v) is 3.76. The van der Waals surface area contributed by atoms with Crippen LogP contribution in [-0.2, 0) is 4.79 Å². The molecule has 2 aromatic rings. The van der Waals surface area contributed by atoms with Crippen LogP contribution in [0.1, 0.15) is 16.8 Å². The predicted molar refractivity (Wildman–Crippen MR) is 86.2 cm³/mol. The summed E-state index contributed by atoms with van der Waals surface area (Å²) in [6, 6.07) is 14.4. The number of fused-ring (bicyclic) bond motifs is 1. The number of ether oxygens (including phenoxy) is 2. The second-order valence-electron chi connectivity index (χ2n) is 5.18. The van der Waals surface area contributed by atoms with Crippen molar-refractivity contribution in [2.45, 2.75) is 6.42 Å². The Morgan fingerprint density at radius 1 is 1.13 bits per heavy atom.